The summed E-state index contributed by atoms with van der Waals surface area (Å²) in [6, 6.07) is 5.85. The van der Waals surface area contributed by atoms with Gasteiger partial charge in [0.1, 0.15) is 0 Å². The zero-order chi connectivity index (χ0) is 15.0. The molecule has 0 saturated carbocycles. The second-order valence-electron chi connectivity index (χ2n) is 6.42. The van der Waals surface area contributed by atoms with Crippen LogP contribution < -0.4 is 5.32 Å². The van der Waals surface area contributed by atoms with Gasteiger partial charge in [-0.15, -0.1) is 0 Å². The minimum absolute atomic E-state index is 0.00123. The molecule has 2 aliphatic heterocycles. The normalized spacial score (nSPS) is 23.6. The minimum atomic E-state index is -0.434. The lowest BCUT2D eigenvalue weighted by Gasteiger charge is -2.42. The summed E-state index contributed by atoms with van der Waals surface area (Å²) in [6.07, 6.45) is 0.700. The van der Waals surface area contributed by atoms with Crippen LogP contribution in [0.1, 0.15) is 29.8 Å². The fourth-order valence-corrected chi connectivity index (χ4v) is 3.15. The standard InChI is InChI=1S/C16H22N2O3/c1-16(2)10-18(8-13(9-19)21-16)15(20)12-4-3-11-5-6-17-14(11)7-12/h3-4,7,13,17,19H,5-6,8-10H2,1-2H3. The Morgan fingerprint density at radius 2 is 2.33 bits per heavy atom. The first kappa shape index (κ1) is 14.4. The largest absolute Gasteiger partial charge is 0.394 e. The zero-order valence-electron chi connectivity index (χ0n) is 12.6. The van der Waals surface area contributed by atoms with Crippen LogP contribution in [0, 0.1) is 0 Å². The summed E-state index contributed by atoms with van der Waals surface area (Å²) < 4.78 is 5.76. The number of nitrogens with zero attached hydrogens (tertiary/aromatic N) is 1. The molecule has 0 bridgehead atoms. The van der Waals surface area contributed by atoms with Crippen molar-refractivity contribution >= 4 is 11.6 Å². The highest BCUT2D eigenvalue weighted by molar-refractivity contribution is 5.95. The molecule has 3 rings (SSSR count). The van der Waals surface area contributed by atoms with Crippen LogP contribution in [0.4, 0.5) is 5.69 Å². The lowest BCUT2D eigenvalue weighted by molar-refractivity contribution is -0.139. The number of hydrogen-bond acceptors (Lipinski definition) is 4. The molecule has 2 N–H and O–H groups in total. The number of fused-ring (bicyclic) bond motifs is 1. The number of carbonyl (C=O) groups is 1. The van der Waals surface area contributed by atoms with E-state index in [1.54, 1.807) is 4.90 Å². The first-order chi connectivity index (χ1) is 9.98. The van der Waals surface area contributed by atoms with Crippen LogP contribution in [0.5, 0.6) is 0 Å². The van der Waals surface area contributed by atoms with Crippen LogP contribution in [0.2, 0.25) is 0 Å². The average molecular weight is 290 g/mol. The molecule has 1 saturated heterocycles. The molecule has 0 aromatic heterocycles. The quantitative estimate of drug-likeness (QED) is 0.861. The molecule has 1 fully saturated rings. The predicted octanol–water partition coefficient (Wildman–Crippen LogP) is 1.27. The summed E-state index contributed by atoms with van der Waals surface area (Å²) in [5, 5.41) is 12.6. The number of nitrogens with one attached hydrogen (secondary N) is 1. The zero-order valence-corrected chi connectivity index (χ0v) is 12.6. The molecular weight excluding hydrogens is 268 g/mol. The summed E-state index contributed by atoms with van der Waals surface area (Å²) in [6.45, 7) is 5.72. The number of hydrogen-bond donors (Lipinski definition) is 2. The van der Waals surface area contributed by atoms with E-state index >= 15 is 0 Å². The molecule has 1 aromatic rings. The van der Waals surface area contributed by atoms with E-state index in [-0.39, 0.29) is 18.6 Å². The third-order valence-electron chi connectivity index (χ3n) is 4.04. The van der Waals surface area contributed by atoms with Crippen molar-refractivity contribution in [2.75, 3.05) is 31.6 Å². The number of aliphatic hydroxyl groups is 1. The highest BCUT2D eigenvalue weighted by atomic mass is 16.5. The van der Waals surface area contributed by atoms with Gasteiger partial charge in [0.05, 0.1) is 18.3 Å². The number of aliphatic hydroxyl groups excluding tert-OH is 1. The van der Waals surface area contributed by atoms with Gasteiger partial charge in [-0.25, -0.2) is 0 Å². The van der Waals surface area contributed by atoms with Crippen LogP contribution in [-0.4, -0.2) is 53.9 Å². The highest BCUT2D eigenvalue weighted by Gasteiger charge is 2.35. The van der Waals surface area contributed by atoms with E-state index in [1.165, 1.54) is 5.56 Å². The summed E-state index contributed by atoms with van der Waals surface area (Å²) in [5.74, 6) is 0.00123. The van der Waals surface area contributed by atoms with Gasteiger partial charge in [0.25, 0.3) is 5.91 Å². The van der Waals surface area contributed by atoms with Gasteiger partial charge in [0, 0.05) is 30.9 Å². The number of anilines is 1. The molecule has 1 atom stereocenters. The van der Waals surface area contributed by atoms with Crippen molar-refractivity contribution in [3.05, 3.63) is 29.3 Å². The van der Waals surface area contributed by atoms with Gasteiger partial charge in [0.2, 0.25) is 0 Å². The fourth-order valence-electron chi connectivity index (χ4n) is 3.15. The molecule has 1 unspecified atom stereocenters. The number of morpholine rings is 1. The maximum Gasteiger partial charge on any atom is 0.254 e. The van der Waals surface area contributed by atoms with Gasteiger partial charge in [0.15, 0.2) is 0 Å². The Hall–Kier alpha value is -1.59. The lowest BCUT2D eigenvalue weighted by Crippen LogP contribution is -2.55. The van der Waals surface area contributed by atoms with Crippen molar-refractivity contribution < 1.29 is 14.6 Å². The first-order valence-electron chi connectivity index (χ1n) is 7.43. The van der Waals surface area contributed by atoms with Gasteiger partial charge < -0.3 is 20.1 Å². The number of carbonyl (C=O) groups excluding carboxylic acids is 1. The van der Waals surface area contributed by atoms with E-state index in [2.05, 4.69) is 5.32 Å². The van der Waals surface area contributed by atoms with Crippen molar-refractivity contribution in [3.63, 3.8) is 0 Å². The third-order valence-corrected chi connectivity index (χ3v) is 4.04. The number of benzene rings is 1. The van der Waals surface area contributed by atoms with E-state index < -0.39 is 5.60 Å². The van der Waals surface area contributed by atoms with Gasteiger partial charge >= 0.3 is 0 Å². The SMILES string of the molecule is CC1(C)CN(C(=O)c2ccc3c(c2)NCC3)CC(CO)O1. The molecule has 0 aliphatic carbocycles. The molecule has 2 heterocycles. The average Bonchev–Trinajstić information content (AvgIpc) is 2.92. The lowest BCUT2D eigenvalue weighted by atomic mass is 10.0. The molecule has 5 nitrogen and oxygen atoms in total. The maximum atomic E-state index is 12.7. The molecule has 1 aromatic carbocycles. The number of amides is 1. The Labute approximate surface area is 124 Å². The van der Waals surface area contributed by atoms with Gasteiger partial charge in [-0.3, -0.25) is 4.79 Å². The second kappa shape index (κ2) is 5.31. The van der Waals surface area contributed by atoms with Crippen LogP contribution in [0.25, 0.3) is 0 Å². The van der Waals surface area contributed by atoms with Crippen LogP contribution in [0.3, 0.4) is 0 Å². The van der Waals surface area contributed by atoms with Crippen LogP contribution in [0.15, 0.2) is 18.2 Å². The molecule has 114 valence electrons. The van der Waals surface area contributed by atoms with Crippen molar-refractivity contribution in [1.29, 1.82) is 0 Å². The first-order valence-corrected chi connectivity index (χ1v) is 7.43. The highest BCUT2D eigenvalue weighted by Crippen LogP contribution is 2.26. The predicted molar refractivity (Wildman–Crippen MR) is 80.6 cm³/mol. The molecule has 21 heavy (non-hydrogen) atoms. The van der Waals surface area contributed by atoms with Crippen molar-refractivity contribution in [2.24, 2.45) is 0 Å². The summed E-state index contributed by atoms with van der Waals surface area (Å²) in [7, 11) is 0. The minimum Gasteiger partial charge on any atom is -0.394 e. The summed E-state index contributed by atoms with van der Waals surface area (Å²) in [4.78, 5) is 14.5. The maximum absolute atomic E-state index is 12.7. The topological polar surface area (TPSA) is 61.8 Å². The van der Waals surface area contributed by atoms with Gasteiger partial charge in [-0.1, -0.05) is 6.07 Å². The third kappa shape index (κ3) is 2.89. The fraction of sp³-hybridized carbons (Fsp3) is 0.562. The van der Waals surface area contributed by atoms with E-state index in [1.807, 2.05) is 32.0 Å². The molecule has 0 spiro atoms. The Balaban J connectivity index is 1.81. The van der Waals surface area contributed by atoms with Gasteiger partial charge in [-0.2, -0.15) is 0 Å². The summed E-state index contributed by atoms with van der Waals surface area (Å²) >= 11 is 0. The van der Waals surface area contributed by atoms with E-state index in [0.717, 1.165) is 18.7 Å². The summed E-state index contributed by atoms with van der Waals surface area (Å²) in [5.41, 5.74) is 2.59. The Kier molecular flexibility index (Phi) is 3.63. The smallest absolute Gasteiger partial charge is 0.254 e. The number of rotatable bonds is 2. The van der Waals surface area contributed by atoms with E-state index in [9.17, 15) is 9.90 Å². The molecule has 2 aliphatic rings. The molecule has 1 amide bonds. The number of ether oxygens (including phenoxy) is 1. The van der Waals surface area contributed by atoms with Crippen molar-refractivity contribution in [2.45, 2.75) is 32.0 Å². The second-order valence-corrected chi connectivity index (χ2v) is 6.42. The Morgan fingerprint density at radius 1 is 1.52 bits per heavy atom. The van der Waals surface area contributed by atoms with Crippen LogP contribution in [-0.2, 0) is 11.2 Å². The Morgan fingerprint density at radius 3 is 3.10 bits per heavy atom. The Bertz CT molecular complexity index is 556. The van der Waals surface area contributed by atoms with Crippen LogP contribution >= 0.6 is 0 Å². The molecular formula is C16H22N2O3. The van der Waals surface area contributed by atoms with E-state index in [4.69, 9.17) is 4.74 Å². The monoisotopic (exact) mass is 290 g/mol. The molecule has 5 heteroatoms. The molecule has 0 radical (unpaired) electrons. The van der Waals surface area contributed by atoms with Crippen molar-refractivity contribution in [3.8, 4) is 0 Å². The van der Waals surface area contributed by atoms with E-state index in [0.29, 0.717) is 18.7 Å². The van der Waals surface area contributed by atoms with Gasteiger partial charge in [-0.05, 0) is 38.0 Å². The van der Waals surface area contributed by atoms with Crippen molar-refractivity contribution in [1.82, 2.24) is 4.90 Å².